The van der Waals surface area contributed by atoms with Crippen molar-refractivity contribution in [2.24, 2.45) is 0 Å². The van der Waals surface area contributed by atoms with Crippen LogP contribution in [0.15, 0.2) is 6.20 Å². The van der Waals surface area contributed by atoms with E-state index in [0.717, 1.165) is 50.0 Å². The van der Waals surface area contributed by atoms with E-state index in [4.69, 9.17) is 0 Å². The number of piperidine rings is 1. The van der Waals surface area contributed by atoms with Gasteiger partial charge in [-0.2, -0.15) is 0 Å². The highest BCUT2D eigenvalue weighted by Crippen LogP contribution is 2.49. The van der Waals surface area contributed by atoms with Gasteiger partial charge in [-0.25, -0.2) is 9.97 Å². The molecule has 0 spiro atoms. The number of carbonyl (C=O) groups is 1. The molecule has 3 rings (SSSR count). The van der Waals surface area contributed by atoms with Crippen molar-refractivity contribution in [2.45, 2.75) is 51.0 Å². The number of aromatic nitrogens is 2. The molecule has 5 heteroatoms. The number of ketones is 1. The molecule has 2 heterocycles. The summed E-state index contributed by atoms with van der Waals surface area (Å²) in [4.78, 5) is 23.2. The molecule has 1 aliphatic heterocycles. The number of nitrogens with zero attached hydrogens (tertiary/aromatic N) is 3. The highest BCUT2D eigenvalue weighted by atomic mass is 16.1. The predicted octanol–water partition coefficient (Wildman–Crippen LogP) is 1.91. The van der Waals surface area contributed by atoms with Crippen LogP contribution in [-0.4, -0.2) is 46.8 Å². The van der Waals surface area contributed by atoms with E-state index in [1.54, 1.807) is 6.92 Å². The third kappa shape index (κ3) is 2.79. The maximum Gasteiger partial charge on any atom is 0.223 e. The molecule has 5 nitrogen and oxygen atoms in total. The third-order valence-corrected chi connectivity index (χ3v) is 4.97. The molecule has 2 fully saturated rings. The Balaban J connectivity index is 1.71. The first kappa shape index (κ1) is 14.4. The molecule has 0 amide bonds. The summed E-state index contributed by atoms with van der Waals surface area (Å²) < 4.78 is 0. The van der Waals surface area contributed by atoms with E-state index in [9.17, 15) is 4.79 Å². The van der Waals surface area contributed by atoms with E-state index in [-0.39, 0.29) is 11.2 Å². The molecule has 1 aliphatic carbocycles. The van der Waals surface area contributed by atoms with Gasteiger partial charge in [-0.05, 0) is 59.7 Å². The van der Waals surface area contributed by atoms with Gasteiger partial charge in [0.25, 0.3) is 0 Å². The minimum absolute atomic E-state index is 0.241. The molecule has 0 bridgehead atoms. The zero-order chi connectivity index (χ0) is 15.0. The normalized spacial score (nSPS) is 22.0. The van der Waals surface area contributed by atoms with Crippen molar-refractivity contribution in [3.05, 3.63) is 17.5 Å². The van der Waals surface area contributed by atoms with Crippen molar-refractivity contribution in [1.82, 2.24) is 14.9 Å². The van der Waals surface area contributed by atoms with Gasteiger partial charge in [-0.3, -0.25) is 4.79 Å². The van der Waals surface area contributed by atoms with E-state index >= 15 is 0 Å². The molecule has 114 valence electrons. The Kier molecular flexibility index (Phi) is 3.69. The van der Waals surface area contributed by atoms with Crippen LogP contribution in [0.2, 0.25) is 0 Å². The summed E-state index contributed by atoms with van der Waals surface area (Å²) in [5.74, 6) is 0.940. The standard InChI is InChI=1S/C16H24N4O/c1-11-14(16(6-7-16)12(2)21)10-17-15(18-11)19-13-4-8-20(3)9-5-13/h10,13H,4-9H2,1-3H3,(H,17,18,19). The Morgan fingerprint density at radius 1 is 1.38 bits per heavy atom. The third-order valence-electron chi connectivity index (χ3n) is 4.97. The Morgan fingerprint density at radius 2 is 2.05 bits per heavy atom. The van der Waals surface area contributed by atoms with Gasteiger partial charge in [0.1, 0.15) is 5.78 Å². The van der Waals surface area contributed by atoms with Gasteiger partial charge < -0.3 is 10.2 Å². The van der Waals surface area contributed by atoms with Gasteiger partial charge in [0.15, 0.2) is 0 Å². The Hall–Kier alpha value is -1.49. The van der Waals surface area contributed by atoms with Crippen LogP contribution < -0.4 is 5.32 Å². The van der Waals surface area contributed by atoms with Crippen molar-refractivity contribution in [3.63, 3.8) is 0 Å². The Bertz CT molecular complexity index is 545. The summed E-state index contributed by atoms with van der Waals surface area (Å²) in [5.41, 5.74) is 1.67. The largest absolute Gasteiger partial charge is 0.351 e. The number of hydrogen-bond acceptors (Lipinski definition) is 5. The Labute approximate surface area is 126 Å². The highest BCUT2D eigenvalue weighted by Gasteiger charge is 2.50. The van der Waals surface area contributed by atoms with Gasteiger partial charge in [-0.1, -0.05) is 0 Å². The molecular formula is C16H24N4O. The molecule has 0 unspecified atom stereocenters. The molecule has 1 saturated heterocycles. The molecule has 2 aliphatic rings. The molecule has 0 atom stereocenters. The van der Waals surface area contributed by atoms with Crippen molar-refractivity contribution in [1.29, 1.82) is 0 Å². The number of carbonyl (C=O) groups excluding carboxylic acids is 1. The second-order valence-electron chi connectivity index (χ2n) is 6.55. The van der Waals surface area contributed by atoms with Gasteiger partial charge >= 0.3 is 0 Å². The number of Topliss-reactive ketones (excluding diaryl/α,β-unsaturated/α-hetero) is 1. The summed E-state index contributed by atoms with van der Waals surface area (Å²) in [6, 6.07) is 0.453. The fourth-order valence-electron chi connectivity index (χ4n) is 3.28. The van der Waals surface area contributed by atoms with Crippen molar-refractivity contribution >= 4 is 11.7 Å². The molecule has 1 aromatic rings. The molecule has 1 saturated carbocycles. The topological polar surface area (TPSA) is 58.1 Å². The van der Waals surface area contributed by atoms with E-state index in [0.29, 0.717) is 12.0 Å². The fourth-order valence-corrected chi connectivity index (χ4v) is 3.28. The first-order valence-electron chi connectivity index (χ1n) is 7.81. The SMILES string of the molecule is CC(=O)C1(c2cnc(NC3CCN(C)CC3)nc2C)CC1. The zero-order valence-corrected chi connectivity index (χ0v) is 13.1. The minimum atomic E-state index is -0.282. The maximum absolute atomic E-state index is 11.8. The van der Waals surface area contributed by atoms with E-state index in [1.807, 2.05) is 13.1 Å². The lowest BCUT2D eigenvalue weighted by Gasteiger charge is -2.29. The minimum Gasteiger partial charge on any atom is -0.351 e. The first-order valence-corrected chi connectivity index (χ1v) is 7.81. The number of hydrogen-bond donors (Lipinski definition) is 1. The fraction of sp³-hybridized carbons (Fsp3) is 0.688. The molecule has 21 heavy (non-hydrogen) atoms. The average Bonchev–Trinajstić information content (AvgIpc) is 3.23. The van der Waals surface area contributed by atoms with Crippen LogP contribution in [0.3, 0.4) is 0 Å². The lowest BCUT2D eigenvalue weighted by atomic mass is 9.92. The highest BCUT2D eigenvalue weighted by molar-refractivity contribution is 5.91. The smallest absolute Gasteiger partial charge is 0.223 e. The number of aryl methyl sites for hydroxylation is 1. The number of likely N-dealkylation sites (tertiary alicyclic amines) is 1. The van der Waals surface area contributed by atoms with Crippen LogP contribution in [0, 0.1) is 6.92 Å². The second kappa shape index (κ2) is 5.37. The molecule has 0 aromatic carbocycles. The summed E-state index contributed by atoms with van der Waals surface area (Å²) >= 11 is 0. The molecule has 0 radical (unpaired) electrons. The van der Waals surface area contributed by atoms with Crippen molar-refractivity contribution in [3.8, 4) is 0 Å². The molecule has 1 aromatic heterocycles. The summed E-state index contributed by atoms with van der Waals surface area (Å²) in [5, 5.41) is 3.44. The van der Waals surface area contributed by atoms with E-state index < -0.39 is 0 Å². The van der Waals surface area contributed by atoms with Crippen LogP contribution in [0.5, 0.6) is 0 Å². The van der Waals surface area contributed by atoms with Gasteiger partial charge in [0, 0.05) is 23.5 Å². The van der Waals surface area contributed by atoms with E-state index in [1.165, 1.54) is 0 Å². The second-order valence-corrected chi connectivity index (χ2v) is 6.55. The van der Waals surface area contributed by atoms with E-state index in [2.05, 4.69) is 27.2 Å². The van der Waals surface area contributed by atoms with Crippen LogP contribution in [0.25, 0.3) is 0 Å². The van der Waals surface area contributed by atoms with Crippen LogP contribution in [0.1, 0.15) is 43.9 Å². The maximum atomic E-state index is 11.8. The lowest BCUT2D eigenvalue weighted by molar-refractivity contribution is -0.119. The van der Waals surface area contributed by atoms with Crippen molar-refractivity contribution in [2.75, 3.05) is 25.5 Å². The monoisotopic (exact) mass is 288 g/mol. The first-order chi connectivity index (χ1) is 10.0. The number of nitrogens with one attached hydrogen (secondary N) is 1. The zero-order valence-electron chi connectivity index (χ0n) is 13.1. The van der Waals surface area contributed by atoms with Crippen LogP contribution in [0.4, 0.5) is 5.95 Å². The van der Waals surface area contributed by atoms with Gasteiger partial charge in [0.05, 0.1) is 5.41 Å². The average molecular weight is 288 g/mol. The predicted molar refractivity (Wildman–Crippen MR) is 82.5 cm³/mol. The summed E-state index contributed by atoms with van der Waals surface area (Å²) in [6.45, 7) is 5.89. The molecular weight excluding hydrogens is 264 g/mol. The van der Waals surface area contributed by atoms with Crippen LogP contribution >= 0.6 is 0 Å². The lowest BCUT2D eigenvalue weighted by Crippen LogP contribution is -2.37. The Morgan fingerprint density at radius 3 is 2.57 bits per heavy atom. The van der Waals surface area contributed by atoms with Gasteiger partial charge in [-0.15, -0.1) is 0 Å². The van der Waals surface area contributed by atoms with Crippen LogP contribution in [-0.2, 0) is 10.2 Å². The van der Waals surface area contributed by atoms with Crippen molar-refractivity contribution < 1.29 is 4.79 Å². The number of anilines is 1. The quantitative estimate of drug-likeness (QED) is 0.917. The van der Waals surface area contributed by atoms with Gasteiger partial charge in [0.2, 0.25) is 5.95 Å². The molecule has 1 N–H and O–H groups in total. The summed E-state index contributed by atoms with van der Waals surface area (Å²) in [7, 11) is 2.16. The number of rotatable bonds is 4. The summed E-state index contributed by atoms with van der Waals surface area (Å²) in [6.07, 6.45) is 5.98.